The van der Waals surface area contributed by atoms with Gasteiger partial charge in [-0.2, -0.15) is 4.98 Å². The first-order valence-corrected chi connectivity index (χ1v) is 7.15. The monoisotopic (exact) mass is 272 g/mol. The summed E-state index contributed by atoms with van der Waals surface area (Å²) in [7, 11) is 0. The van der Waals surface area contributed by atoms with E-state index in [9.17, 15) is 0 Å². The van der Waals surface area contributed by atoms with Gasteiger partial charge < -0.3 is 14.7 Å². The summed E-state index contributed by atoms with van der Waals surface area (Å²) < 4.78 is 4.93. The van der Waals surface area contributed by atoms with Crippen LogP contribution in [0.15, 0.2) is 28.8 Å². The molecule has 0 unspecified atom stereocenters. The first-order chi connectivity index (χ1) is 9.81. The molecule has 3 rings (SSSR count). The summed E-state index contributed by atoms with van der Waals surface area (Å²) in [6.07, 6.45) is 2.63. The van der Waals surface area contributed by atoms with E-state index in [1.54, 1.807) is 6.92 Å². The molecule has 2 aromatic rings. The van der Waals surface area contributed by atoms with E-state index in [1.165, 1.54) is 37.2 Å². The van der Waals surface area contributed by atoms with Crippen LogP contribution in [-0.4, -0.2) is 23.2 Å². The Labute approximate surface area is 119 Å². The molecule has 1 aromatic carbocycles. The lowest BCUT2D eigenvalue weighted by molar-refractivity contribution is 0.385. The standard InChI is InChI=1S/C15H20N4O/c1-12-17-15(18-20-12)11-16-10-13-4-6-14(7-5-13)19-8-2-3-9-19/h4-7,16H,2-3,8-11H2,1H3. The van der Waals surface area contributed by atoms with Gasteiger partial charge in [0.05, 0.1) is 6.54 Å². The Kier molecular flexibility index (Phi) is 3.97. The van der Waals surface area contributed by atoms with Crippen LogP contribution in [0.25, 0.3) is 0 Å². The molecule has 1 aliphatic heterocycles. The number of nitrogens with one attached hydrogen (secondary N) is 1. The number of hydrogen-bond donors (Lipinski definition) is 1. The molecule has 1 N–H and O–H groups in total. The second kappa shape index (κ2) is 6.05. The molecule has 20 heavy (non-hydrogen) atoms. The van der Waals surface area contributed by atoms with Gasteiger partial charge in [-0.3, -0.25) is 0 Å². The van der Waals surface area contributed by atoms with Gasteiger partial charge in [-0.1, -0.05) is 17.3 Å². The van der Waals surface area contributed by atoms with Gasteiger partial charge in [-0.05, 0) is 30.5 Å². The Morgan fingerprint density at radius 1 is 1.15 bits per heavy atom. The summed E-state index contributed by atoms with van der Waals surface area (Å²) in [4.78, 5) is 6.61. The van der Waals surface area contributed by atoms with Crippen LogP contribution in [0.1, 0.15) is 30.1 Å². The van der Waals surface area contributed by atoms with Gasteiger partial charge in [0.25, 0.3) is 0 Å². The second-order valence-corrected chi connectivity index (χ2v) is 5.19. The number of aromatic nitrogens is 2. The minimum atomic E-state index is 0.608. The van der Waals surface area contributed by atoms with Crippen molar-refractivity contribution in [3.05, 3.63) is 41.5 Å². The number of hydrogen-bond acceptors (Lipinski definition) is 5. The van der Waals surface area contributed by atoms with Gasteiger partial charge in [-0.25, -0.2) is 0 Å². The fraction of sp³-hybridized carbons (Fsp3) is 0.467. The molecule has 0 spiro atoms. The zero-order valence-electron chi connectivity index (χ0n) is 11.8. The van der Waals surface area contributed by atoms with Gasteiger partial charge in [0.15, 0.2) is 5.82 Å². The summed E-state index contributed by atoms with van der Waals surface area (Å²) in [6.45, 7) is 5.62. The molecular formula is C15H20N4O. The van der Waals surface area contributed by atoms with E-state index in [0.717, 1.165) is 6.54 Å². The maximum atomic E-state index is 4.93. The van der Waals surface area contributed by atoms with E-state index in [-0.39, 0.29) is 0 Å². The van der Waals surface area contributed by atoms with E-state index in [2.05, 4.69) is 44.6 Å². The maximum absolute atomic E-state index is 4.93. The van der Waals surface area contributed by atoms with Crippen molar-refractivity contribution in [2.75, 3.05) is 18.0 Å². The Morgan fingerprint density at radius 3 is 2.55 bits per heavy atom. The summed E-state index contributed by atoms with van der Waals surface area (Å²) >= 11 is 0. The van der Waals surface area contributed by atoms with Crippen molar-refractivity contribution in [2.24, 2.45) is 0 Å². The molecule has 0 atom stereocenters. The molecule has 106 valence electrons. The molecule has 2 heterocycles. The second-order valence-electron chi connectivity index (χ2n) is 5.19. The zero-order chi connectivity index (χ0) is 13.8. The average Bonchev–Trinajstić information content (AvgIpc) is 3.11. The molecule has 1 aromatic heterocycles. The van der Waals surface area contributed by atoms with Crippen LogP contribution in [0.5, 0.6) is 0 Å². The van der Waals surface area contributed by atoms with Crippen LogP contribution < -0.4 is 10.2 Å². The van der Waals surface area contributed by atoms with Crippen LogP contribution in [0.3, 0.4) is 0 Å². The fourth-order valence-electron chi connectivity index (χ4n) is 2.53. The number of aryl methyl sites for hydroxylation is 1. The minimum absolute atomic E-state index is 0.608. The number of benzene rings is 1. The van der Waals surface area contributed by atoms with Gasteiger partial charge in [0, 0.05) is 32.2 Å². The van der Waals surface area contributed by atoms with Gasteiger partial charge in [0.2, 0.25) is 5.89 Å². The fourth-order valence-corrected chi connectivity index (χ4v) is 2.53. The highest BCUT2D eigenvalue weighted by Gasteiger charge is 2.11. The third-order valence-electron chi connectivity index (χ3n) is 3.59. The summed E-state index contributed by atoms with van der Waals surface area (Å²) in [5, 5.41) is 7.18. The number of nitrogens with zero attached hydrogens (tertiary/aromatic N) is 3. The summed E-state index contributed by atoms with van der Waals surface area (Å²) in [5.74, 6) is 1.31. The largest absolute Gasteiger partial charge is 0.372 e. The van der Waals surface area contributed by atoms with E-state index in [0.29, 0.717) is 18.3 Å². The van der Waals surface area contributed by atoms with E-state index < -0.39 is 0 Å². The lowest BCUT2D eigenvalue weighted by Gasteiger charge is -2.17. The van der Waals surface area contributed by atoms with Gasteiger partial charge in [-0.15, -0.1) is 0 Å². The summed E-state index contributed by atoms with van der Waals surface area (Å²) in [5.41, 5.74) is 2.60. The van der Waals surface area contributed by atoms with Gasteiger partial charge in [0.1, 0.15) is 0 Å². The highest BCUT2D eigenvalue weighted by atomic mass is 16.5. The Balaban J connectivity index is 1.50. The van der Waals surface area contributed by atoms with Crippen molar-refractivity contribution in [2.45, 2.75) is 32.9 Å². The highest BCUT2D eigenvalue weighted by molar-refractivity contribution is 5.48. The predicted molar refractivity (Wildman–Crippen MR) is 77.5 cm³/mol. The SMILES string of the molecule is Cc1nc(CNCc2ccc(N3CCCC3)cc2)no1. The Bertz CT molecular complexity index is 543. The third-order valence-corrected chi connectivity index (χ3v) is 3.59. The third kappa shape index (κ3) is 3.17. The lowest BCUT2D eigenvalue weighted by atomic mass is 10.2. The van der Waals surface area contributed by atoms with E-state index in [1.807, 2.05) is 0 Å². The van der Waals surface area contributed by atoms with Crippen LogP contribution in [0.4, 0.5) is 5.69 Å². The minimum Gasteiger partial charge on any atom is -0.372 e. The van der Waals surface area contributed by atoms with Crippen molar-refractivity contribution in [1.82, 2.24) is 15.5 Å². The summed E-state index contributed by atoms with van der Waals surface area (Å²) in [6, 6.07) is 8.78. The van der Waals surface area contributed by atoms with Crippen molar-refractivity contribution in [1.29, 1.82) is 0 Å². The molecule has 1 saturated heterocycles. The van der Waals surface area contributed by atoms with E-state index in [4.69, 9.17) is 4.52 Å². The smallest absolute Gasteiger partial charge is 0.223 e. The maximum Gasteiger partial charge on any atom is 0.223 e. The normalized spacial score (nSPS) is 14.9. The van der Waals surface area contributed by atoms with Crippen LogP contribution in [0, 0.1) is 6.92 Å². The Hall–Kier alpha value is -1.88. The molecule has 0 saturated carbocycles. The zero-order valence-corrected chi connectivity index (χ0v) is 11.8. The van der Waals surface area contributed by atoms with Crippen molar-refractivity contribution in [3.63, 3.8) is 0 Å². The lowest BCUT2D eigenvalue weighted by Crippen LogP contribution is -2.17. The molecule has 5 heteroatoms. The van der Waals surface area contributed by atoms with Crippen LogP contribution >= 0.6 is 0 Å². The molecule has 0 bridgehead atoms. The van der Waals surface area contributed by atoms with Crippen molar-refractivity contribution >= 4 is 5.69 Å². The molecule has 0 radical (unpaired) electrons. The number of anilines is 1. The first-order valence-electron chi connectivity index (χ1n) is 7.15. The molecular weight excluding hydrogens is 252 g/mol. The van der Waals surface area contributed by atoms with Crippen molar-refractivity contribution in [3.8, 4) is 0 Å². The van der Waals surface area contributed by atoms with Crippen LogP contribution in [0.2, 0.25) is 0 Å². The highest BCUT2D eigenvalue weighted by Crippen LogP contribution is 2.20. The number of rotatable bonds is 5. The van der Waals surface area contributed by atoms with Crippen LogP contribution in [-0.2, 0) is 13.1 Å². The van der Waals surface area contributed by atoms with Crippen molar-refractivity contribution < 1.29 is 4.52 Å². The molecule has 5 nitrogen and oxygen atoms in total. The first kappa shape index (κ1) is 13.1. The molecule has 1 aliphatic rings. The van der Waals surface area contributed by atoms with E-state index >= 15 is 0 Å². The van der Waals surface area contributed by atoms with Gasteiger partial charge >= 0.3 is 0 Å². The average molecular weight is 272 g/mol. The topological polar surface area (TPSA) is 54.2 Å². The molecule has 0 amide bonds. The quantitative estimate of drug-likeness (QED) is 0.905. The Morgan fingerprint density at radius 2 is 1.90 bits per heavy atom. The molecule has 0 aliphatic carbocycles. The molecule has 1 fully saturated rings. The predicted octanol–water partition coefficient (Wildman–Crippen LogP) is 2.27.